The number of imidazole rings is 1. The molecule has 2 atom stereocenters. The summed E-state index contributed by atoms with van der Waals surface area (Å²) >= 11 is 0. The van der Waals surface area contributed by atoms with Crippen molar-refractivity contribution in [3.8, 4) is 0 Å². The van der Waals surface area contributed by atoms with Crippen molar-refractivity contribution in [1.29, 1.82) is 0 Å². The third kappa shape index (κ3) is 1.34. The molecule has 2 fully saturated rings. The topological polar surface area (TPSA) is 33.4 Å². The first-order chi connectivity index (χ1) is 9.38. The number of rotatable bonds is 1. The van der Waals surface area contributed by atoms with Crippen molar-refractivity contribution in [3.05, 3.63) is 36.5 Å². The van der Waals surface area contributed by atoms with Gasteiger partial charge in [-0.3, -0.25) is 4.40 Å². The minimum absolute atomic E-state index is 0.805. The molecule has 1 saturated carbocycles. The van der Waals surface area contributed by atoms with Crippen LogP contribution in [0.2, 0.25) is 0 Å². The van der Waals surface area contributed by atoms with Crippen molar-refractivity contribution in [2.75, 3.05) is 18.0 Å². The fourth-order valence-corrected chi connectivity index (χ4v) is 3.30. The quantitative estimate of drug-likeness (QED) is 0.664. The zero-order valence-corrected chi connectivity index (χ0v) is 10.5. The number of anilines is 1. The number of benzene rings is 1. The number of fused-ring (bicyclic) bond motifs is 4. The summed E-state index contributed by atoms with van der Waals surface area (Å²) in [6.45, 7) is 2.35. The molecule has 1 aromatic carbocycles. The van der Waals surface area contributed by atoms with Gasteiger partial charge in [0.15, 0.2) is 0 Å². The minimum atomic E-state index is 0.805. The predicted molar refractivity (Wildman–Crippen MR) is 74.3 cm³/mol. The molecule has 1 unspecified atom stereocenters. The lowest BCUT2D eigenvalue weighted by atomic mass is 10.3. The lowest BCUT2D eigenvalue weighted by molar-refractivity contribution is 0.804. The van der Waals surface area contributed by atoms with Gasteiger partial charge in [-0.2, -0.15) is 4.98 Å². The summed E-state index contributed by atoms with van der Waals surface area (Å²) in [7, 11) is 0. The summed E-state index contributed by atoms with van der Waals surface area (Å²) < 4.78 is 2.07. The second-order valence-corrected chi connectivity index (χ2v) is 5.72. The van der Waals surface area contributed by atoms with E-state index < -0.39 is 0 Å². The average molecular weight is 250 g/mol. The highest BCUT2D eigenvalue weighted by Gasteiger charge is 2.45. The Hall–Kier alpha value is -2.10. The van der Waals surface area contributed by atoms with Gasteiger partial charge >= 0.3 is 0 Å². The van der Waals surface area contributed by atoms with Gasteiger partial charge < -0.3 is 4.90 Å². The van der Waals surface area contributed by atoms with Crippen molar-refractivity contribution >= 4 is 22.6 Å². The fraction of sp³-hybridized carbons (Fsp3) is 0.333. The Balaban J connectivity index is 1.66. The predicted octanol–water partition coefficient (Wildman–Crippen LogP) is 2.34. The molecule has 0 spiro atoms. The van der Waals surface area contributed by atoms with E-state index in [4.69, 9.17) is 4.98 Å². The zero-order chi connectivity index (χ0) is 12.4. The molecule has 0 N–H and O–H groups in total. The summed E-state index contributed by atoms with van der Waals surface area (Å²) in [4.78, 5) is 11.7. The van der Waals surface area contributed by atoms with E-state index in [9.17, 15) is 0 Å². The number of nitrogens with zero attached hydrogens (tertiary/aromatic N) is 4. The summed E-state index contributed by atoms with van der Waals surface area (Å²) in [5, 5.41) is 0. The molecule has 3 aromatic rings. The fourth-order valence-electron chi connectivity index (χ4n) is 3.30. The van der Waals surface area contributed by atoms with Crippen LogP contribution in [0.25, 0.3) is 16.8 Å². The van der Waals surface area contributed by atoms with Crippen molar-refractivity contribution in [3.63, 3.8) is 0 Å². The molecule has 1 aliphatic carbocycles. The molecule has 1 aliphatic heterocycles. The van der Waals surface area contributed by atoms with Gasteiger partial charge in [0.1, 0.15) is 5.82 Å². The molecule has 94 valence electrons. The molecule has 19 heavy (non-hydrogen) atoms. The maximum atomic E-state index is 4.73. The van der Waals surface area contributed by atoms with Crippen LogP contribution >= 0.6 is 0 Å². The normalized spacial score (nSPS) is 25.2. The van der Waals surface area contributed by atoms with Crippen LogP contribution < -0.4 is 4.90 Å². The molecule has 0 bridgehead atoms. The third-order valence-corrected chi connectivity index (χ3v) is 4.47. The van der Waals surface area contributed by atoms with Gasteiger partial charge in [-0.25, -0.2) is 4.98 Å². The highest BCUT2D eigenvalue weighted by molar-refractivity contribution is 5.79. The van der Waals surface area contributed by atoms with Gasteiger partial charge in [-0.05, 0) is 36.5 Å². The molecule has 0 radical (unpaired) electrons. The van der Waals surface area contributed by atoms with Crippen LogP contribution in [0.4, 0.5) is 5.82 Å². The van der Waals surface area contributed by atoms with Gasteiger partial charge in [0, 0.05) is 19.3 Å². The number of hydrogen-bond acceptors (Lipinski definition) is 3. The Labute approximate surface area is 110 Å². The first kappa shape index (κ1) is 9.78. The second kappa shape index (κ2) is 3.26. The highest BCUT2D eigenvalue weighted by Crippen LogP contribution is 2.45. The summed E-state index contributed by atoms with van der Waals surface area (Å²) in [5.41, 5.74) is 2.14. The maximum Gasteiger partial charge on any atom is 0.236 e. The number of hydrogen-bond donors (Lipinski definition) is 0. The van der Waals surface area contributed by atoms with E-state index in [0.717, 1.165) is 34.5 Å². The third-order valence-electron chi connectivity index (χ3n) is 4.47. The maximum absolute atomic E-state index is 4.73. The van der Waals surface area contributed by atoms with Crippen molar-refractivity contribution in [2.24, 2.45) is 11.8 Å². The van der Waals surface area contributed by atoms with Gasteiger partial charge in [0.05, 0.1) is 11.0 Å². The molecule has 0 amide bonds. The van der Waals surface area contributed by atoms with Crippen LogP contribution in [-0.2, 0) is 0 Å². The molecule has 2 aliphatic rings. The lowest BCUT2D eigenvalue weighted by Gasteiger charge is -2.18. The Bertz CT molecular complexity index is 781. The van der Waals surface area contributed by atoms with E-state index in [0.29, 0.717) is 0 Å². The zero-order valence-electron chi connectivity index (χ0n) is 10.5. The molecule has 4 nitrogen and oxygen atoms in total. The minimum Gasteiger partial charge on any atom is -0.356 e. The molecular formula is C15H14N4. The standard InChI is InChI=1S/C15H14N4/c1-2-4-13-12(3-1)16-15-17-14(5-6-19(13)15)18-8-10-7-11(10)9-18/h1-6,10-11H,7-9H2/t10-,11?/m0/s1. The number of aromatic nitrogens is 3. The first-order valence-electron chi connectivity index (χ1n) is 6.87. The molecule has 3 heterocycles. The summed E-state index contributed by atoms with van der Waals surface area (Å²) in [6, 6.07) is 10.3. The van der Waals surface area contributed by atoms with E-state index in [1.165, 1.54) is 19.5 Å². The number of para-hydroxylation sites is 2. The van der Waals surface area contributed by atoms with E-state index in [-0.39, 0.29) is 0 Å². The van der Waals surface area contributed by atoms with Gasteiger partial charge in [-0.15, -0.1) is 0 Å². The van der Waals surface area contributed by atoms with Crippen molar-refractivity contribution < 1.29 is 0 Å². The van der Waals surface area contributed by atoms with Crippen LogP contribution in [0.15, 0.2) is 36.5 Å². The van der Waals surface area contributed by atoms with E-state index in [1.807, 2.05) is 18.2 Å². The summed E-state index contributed by atoms with van der Waals surface area (Å²) in [6.07, 6.45) is 3.52. The average Bonchev–Trinajstić information content (AvgIpc) is 2.91. The van der Waals surface area contributed by atoms with Crippen molar-refractivity contribution in [1.82, 2.24) is 14.4 Å². The Morgan fingerprint density at radius 1 is 1.00 bits per heavy atom. The molecule has 4 heteroatoms. The van der Waals surface area contributed by atoms with Gasteiger partial charge in [-0.1, -0.05) is 12.1 Å². The molecule has 1 saturated heterocycles. The highest BCUT2D eigenvalue weighted by atomic mass is 15.3. The molecule has 5 rings (SSSR count). The molecule has 2 aromatic heterocycles. The second-order valence-electron chi connectivity index (χ2n) is 5.72. The van der Waals surface area contributed by atoms with Crippen LogP contribution in [0, 0.1) is 11.8 Å². The Morgan fingerprint density at radius 2 is 1.84 bits per heavy atom. The van der Waals surface area contributed by atoms with E-state index in [1.54, 1.807) is 0 Å². The van der Waals surface area contributed by atoms with Gasteiger partial charge in [0.2, 0.25) is 5.78 Å². The van der Waals surface area contributed by atoms with Crippen LogP contribution in [0.3, 0.4) is 0 Å². The Morgan fingerprint density at radius 3 is 2.74 bits per heavy atom. The van der Waals surface area contributed by atoms with E-state index >= 15 is 0 Å². The van der Waals surface area contributed by atoms with E-state index in [2.05, 4.69) is 32.6 Å². The first-order valence-corrected chi connectivity index (χ1v) is 6.87. The smallest absolute Gasteiger partial charge is 0.236 e. The summed E-state index contributed by atoms with van der Waals surface area (Å²) in [5.74, 6) is 3.74. The monoisotopic (exact) mass is 250 g/mol. The van der Waals surface area contributed by atoms with Gasteiger partial charge in [0.25, 0.3) is 0 Å². The largest absolute Gasteiger partial charge is 0.356 e. The van der Waals surface area contributed by atoms with Crippen LogP contribution in [-0.4, -0.2) is 27.5 Å². The lowest BCUT2D eigenvalue weighted by Crippen LogP contribution is -2.23. The Kier molecular flexibility index (Phi) is 1.68. The van der Waals surface area contributed by atoms with Crippen LogP contribution in [0.1, 0.15) is 6.42 Å². The molecular weight excluding hydrogens is 236 g/mol. The van der Waals surface area contributed by atoms with Crippen molar-refractivity contribution in [2.45, 2.75) is 6.42 Å². The number of piperidine rings is 1. The van der Waals surface area contributed by atoms with Crippen LogP contribution in [0.5, 0.6) is 0 Å². The SMILES string of the molecule is c1ccc2c(c1)nc1nc(N3CC4C[C@H]4C3)ccn12.